The van der Waals surface area contributed by atoms with Gasteiger partial charge in [-0.2, -0.15) is 5.10 Å². The van der Waals surface area contributed by atoms with Crippen LogP contribution >= 0.6 is 23.6 Å². The minimum atomic E-state index is -0.0169. The van der Waals surface area contributed by atoms with Crippen molar-refractivity contribution in [1.29, 1.82) is 0 Å². The van der Waals surface area contributed by atoms with Crippen LogP contribution in [0.4, 0.5) is 0 Å². The zero-order valence-corrected chi connectivity index (χ0v) is 14.0. The summed E-state index contributed by atoms with van der Waals surface area (Å²) in [4.78, 5) is 13.0. The first-order chi connectivity index (χ1) is 11.2. The van der Waals surface area contributed by atoms with Crippen molar-refractivity contribution in [1.82, 2.24) is 20.1 Å². The van der Waals surface area contributed by atoms with Gasteiger partial charge in [0.25, 0.3) is 0 Å². The van der Waals surface area contributed by atoms with Crippen LogP contribution in [0, 0.1) is 4.77 Å². The summed E-state index contributed by atoms with van der Waals surface area (Å²) in [6, 6.07) is 7.67. The van der Waals surface area contributed by atoms with E-state index in [4.69, 9.17) is 16.6 Å². The second-order valence-electron chi connectivity index (χ2n) is 4.91. The number of rotatable bonds is 7. The third-order valence-corrected chi connectivity index (χ3v) is 4.51. The van der Waals surface area contributed by atoms with Crippen LogP contribution in [-0.2, 0) is 17.8 Å². The minimum absolute atomic E-state index is 0.0169. The van der Waals surface area contributed by atoms with E-state index in [-0.39, 0.29) is 5.91 Å². The molecule has 0 aliphatic carbocycles. The highest BCUT2D eigenvalue weighted by Crippen LogP contribution is 2.22. The molecular formula is C15H16N4O2S2. The quantitative estimate of drug-likeness (QED) is 0.644. The Bertz CT molecular complexity index is 803. The molecule has 0 radical (unpaired) electrons. The number of carbonyl (C=O) groups excluding carboxylic acids is 1. The second kappa shape index (κ2) is 7.38. The van der Waals surface area contributed by atoms with Gasteiger partial charge in [-0.05, 0) is 35.8 Å². The van der Waals surface area contributed by atoms with E-state index in [1.54, 1.807) is 17.6 Å². The van der Waals surface area contributed by atoms with Gasteiger partial charge in [0.15, 0.2) is 10.6 Å². The number of hydrogen-bond donors (Lipinski definition) is 2. The Labute approximate surface area is 142 Å². The summed E-state index contributed by atoms with van der Waals surface area (Å²) in [6.07, 6.45) is 2.67. The Kier molecular flexibility index (Phi) is 5.04. The van der Waals surface area contributed by atoms with Crippen LogP contribution in [0.25, 0.3) is 10.7 Å². The van der Waals surface area contributed by atoms with Crippen LogP contribution in [0.1, 0.15) is 12.2 Å². The predicted octanol–water partition coefficient (Wildman–Crippen LogP) is 3.01. The lowest BCUT2D eigenvalue weighted by molar-refractivity contribution is -0.121. The maximum Gasteiger partial charge on any atom is 0.221 e. The fourth-order valence-corrected chi connectivity index (χ4v) is 3.15. The monoisotopic (exact) mass is 348 g/mol. The molecule has 0 bridgehead atoms. The van der Waals surface area contributed by atoms with E-state index in [0.29, 0.717) is 30.7 Å². The first kappa shape index (κ1) is 15.7. The van der Waals surface area contributed by atoms with Crippen molar-refractivity contribution >= 4 is 29.5 Å². The Morgan fingerprint density at radius 2 is 2.35 bits per heavy atom. The number of H-pyrrole nitrogens is 1. The Morgan fingerprint density at radius 1 is 1.43 bits per heavy atom. The molecule has 0 fully saturated rings. The van der Waals surface area contributed by atoms with Crippen molar-refractivity contribution in [2.24, 2.45) is 0 Å². The van der Waals surface area contributed by atoms with Gasteiger partial charge in [0.2, 0.25) is 5.91 Å². The molecule has 0 aliphatic heterocycles. The zero-order valence-electron chi connectivity index (χ0n) is 12.3. The summed E-state index contributed by atoms with van der Waals surface area (Å²) < 4.78 is 7.61. The highest BCUT2D eigenvalue weighted by molar-refractivity contribution is 7.71. The Balaban J connectivity index is 1.53. The Morgan fingerprint density at radius 3 is 3.09 bits per heavy atom. The zero-order chi connectivity index (χ0) is 16.1. The van der Waals surface area contributed by atoms with Gasteiger partial charge < -0.3 is 9.73 Å². The van der Waals surface area contributed by atoms with Crippen LogP contribution in [-0.4, -0.2) is 27.2 Å². The third kappa shape index (κ3) is 3.96. The topological polar surface area (TPSA) is 75.8 Å². The van der Waals surface area contributed by atoms with Gasteiger partial charge in [-0.1, -0.05) is 6.07 Å². The fraction of sp³-hybridized carbons (Fsp3) is 0.267. The number of thiophene rings is 1. The standard InChI is InChI=1S/C15H16N4O2S2/c20-13(16-7-5-11-3-1-9-21-11)6-8-19-14(17-18-15(19)22)12-4-2-10-23-12/h1-4,9-10H,5-8H2,(H,16,20)(H,18,22). The molecule has 0 unspecified atom stereocenters. The number of nitrogens with one attached hydrogen (secondary N) is 2. The van der Waals surface area contributed by atoms with Crippen molar-refractivity contribution in [2.75, 3.05) is 6.54 Å². The third-order valence-electron chi connectivity index (χ3n) is 3.34. The number of amides is 1. The van der Waals surface area contributed by atoms with Crippen molar-refractivity contribution in [3.8, 4) is 10.7 Å². The lowest BCUT2D eigenvalue weighted by Crippen LogP contribution is -2.26. The number of carbonyl (C=O) groups is 1. The normalized spacial score (nSPS) is 10.8. The highest BCUT2D eigenvalue weighted by Gasteiger charge is 2.11. The number of aromatic amines is 1. The van der Waals surface area contributed by atoms with Crippen LogP contribution in [0.5, 0.6) is 0 Å². The minimum Gasteiger partial charge on any atom is -0.469 e. The van der Waals surface area contributed by atoms with Crippen LogP contribution < -0.4 is 5.32 Å². The molecule has 8 heteroatoms. The second-order valence-corrected chi connectivity index (χ2v) is 6.25. The molecule has 3 aromatic rings. The molecule has 3 rings (SSSR count). The van der Waals surface area contributed by atoms with Gasteiger partial charge in [-0.15, -0.1) is 11.3 Å². The van der Waals surface area contributed by atoms with E-state index in [1.165, 1.54) is 0 Å². The maximum atomic E-state index is 12.0. The lowest BCUT2D eigenvalue weighted by atomic mass is 10.3. The molecule has 0 atom stereocenters. The van der Waals surface area contributed by atoms with Gasteiger partial charge in [0.05, 0.1) is 11.1 Å². The molecule has 0 aromatic carbocycles. The van der Waals surface area contributed by atoms with E-state index < -0.39 is 0 Å². The smallest absolute Gasteiger partial charge is 0.221 e. The number of aromatic nitrogens is 3. The van der Waals surface area contributed by atoms with Crippen LogP contribution in [0.15, 0.2) is 40.3 Å². The fourth-order valence-electron chi connectivity index (χ4n) is 2.20. The van der Waals surface area contributed by atoms with Crippen molar-refractivity contribution < 1.29 is 9.21 Å². The molecule has 1 amide bonds. The SMILES string of the molecule is O=C(CCn1c(-c2cccs2)n[nH]c1=S)NCCc1ccco1. The van der Waals surface area contributed by atoms with E-state index >= 15 is 0 Å². The average Bonchev–Trinajstić information content (AvgIpc) is 3.27. The molecule has 0 aliphatic rings. The van der Waals surface area contributed by atoms with Crippen molar-refractivity contribution in [3.63, 3.8) is 0 Å². The van der Waals surface area contributed by atoms with E-state index in [1.807, 2.05) is 34.2 Å². The summed E-state index contributed by atoms with van der Waals surface area (Å²) in [7, 11) is 0. The molecule has 0 spiro atoms. The number of hydrogen-bond acceptors (Lipinski definition) is 5. The van der Waals surface area contributed by atoms with E-state index in [9.17, 15) is 4.79 Å². The molecule has 0 saturated carbocycles. The molecule has 2 N–H and O–H groups in total. The van der Waals surface area contributed by atoms with Gasteiger partial charge in [0.1, 0.15) is 5.76 Å². The summed E-state index contributed by atoms with van der Waals surface area (Å²) in [6.45, 7) is 1.05. The molecule has 23 heavy (non-hydrogen) atoms. The predicted molar refractivity (Wildman–Crippen MR) is 90.8 cm³/mol. The van der Waals surface area contributed by atoms with E-state index in [2.05, 4.69) is 15.5 Å². The van der Waals surface area contributed by atoms with Gasteiger partial charge in [-0.25, -0.2) is 0 Å². The van der Waals surface area contributed by atoms with Gasteiger partial charge in [0, 0.05) is 25.9 Å². The summed E-state index contributed by atoms with van der Waals surface area (Å²) in [5, 5.41) is 11.9. The first-order valence-electron chi connectivity index (χ1n) is 7.22. The largest absolute Gasteiger partial charge is 0.469 e. The molecule has 6 nitrogen and oxygen atoms in total. The molecule has 3 heterocycles. The summed E-state index contributed by atoms with van der Waals surface area (Å²) in [5.41, 5.74) is 0. The first-order valence-corrected chi connectivity index (χ1v) is 8.51. The highest BCUT2D eigenvalue weighted by atomic mass is 32.1. The van der Waals surface area contributed by atoms with Crippen molar-refractivity contribution in [2.45, 2.75) is 19.4 Å². The van der Waals surface area contributed by atoms with Gasteiger partial charge >= 0.3 is 0 Å². The summed E-state index contributed by atoms with van der Waals surface area (Å²) >= 11 is 6.84. The molecule has 120 valence electrons. The molecule has 3 aromatic heterocycles. The Hall–Kier alpha value is -2.19. The number of furan rings is 1. The maximum absolute atomic E-state index is 12.0. The number of nitrogens with zero attached hydrogens (tertiary/aromatic N) is 2. The molecular weight excluding hydrogens is 332 g/mol. The van der Waals surface area contributed by atoms with Crippen LogP contribution in [0.2, 0.25) is 0 Å². The van der Waals surface area contributed by atoms with Crippen LogP contribution in [0.3, 0.4) is 0 Å². The summed E-state index contributed by atoms with van der Waals surface area (Å²) in [5.74, 6) is 1.62. The van der Waals surface area contributed by atoms with Gasteiger partial charge in [-0.3, -0.25) is 14.5 Å². The van der Waals surface area contributed by atoms with Crippen molar-refractivity contribution in [3.05, 3.63) is 46.4 Å². The van der Waals surface area contributed by atoms with E-state index in [0.717, 1.165) is 16.5 Å². The lowest BCUT2D eigenvalue weighted by Gasteiger charge is -2.06. The molecule has 0 saturated heterocycles. The average molecular weight is 348 g/mol.